The number of anilines is 1. The van der Waals surface area contributed by atoms with Crippen molar-refractivity contribution in [2.24, 2.45) is 5.92 Å². The first-order chi connectivity index (χ1) is 13.6. The number of methoxy groups -OCH3 is 1. The first kappa shape index (κ1) is 19.4. The van der Waals surface area contributed by atoms with Gasteiger partial charge in [0.1, 0.15) is 5.75 Å². The van der Waals surface area contributed by atoms with Gasteiger partial charge in [-0.1, -0.05) is 18.2 Å². The quantitative estimate of drug-likeness (QED) is 0.703. The molecular weight excluding hydrogens is 370 g/mol. The number of hydrogen-bond donors (Lipinski definition) is 0. The predicted octanol–water partition coefficient (Wildman–Crippen LogP) is 4.12. The number of aromatic nitrogens is 1. The lowest BCUT2D eigenvalue weighted by atomic mass is 9.91. The van der Waals surface area contributed by atoms with Gasteiger partial charge in [0.25, 0.3) is 0 Å². The van der Waals surface area contributed by atoms with E-state index in [0.717, 1.165) is 55.5 Å². The van der Waals surface area contributed by atoms with Crippen LogP contribution in [-0.2, 0) is 17.8 Å². The molecule has 0 N–H and O–H groups in total. The van der Waals surface area contributed by atoms with E-state index in [2.05, 4.69) is 22.4 Å². The number of nitrogens with zero attached hydrogens (tertiary/aromatic N) is 3. The summed E-state index contributed by atoms with van der Waals surface area (Å²) in [6.07, 6.45) is 5.74. The Bertz CT molecular complexity index is 818. The summed E-state index contributed by atoms with van der Waals surface area (Å²) in [5, 5.41) is 2.99. The molecule has 28 heavy (non-hydrogen) atoms. The number of para-hydroxylation sites is 1. The van der Waals surface area contributed by atoms with Crippen LogP contribution in [0.1, 0.15) is 43.9 Å². The Labute approximate surface area is 171 Å². The average Bonchev–Trinajstić information content (AvgIpc) is 3.41. The van der Waals surface area contributed by atoms with Crippen LogP contribution in [0.3, 0.4) is 0 Å². The zero-order valence-corrected chi connectivity index (χ0v) is 17.6. The lowest BCUT2D eigenvalue weighted by Crippen LogP contribution is -2.36. The van der Waals surface area contributed by atoms with Crippen LogP contribution in [-0.4, -0.2) is 42.0 Å². The maximum absolute atomic E-state index is 12.0. The molecule has 2 fully saturated rings. The molecule has 0 bridgehead atoms. The summed E-state index contributed by atoms with van der Waals surface area (Å²) in [5.74, 6) is 1.75. The van der Waals surface area contributed by atoms with Crippen LogP contribution < -0.4 is 9.64 Å². The van der Waals surface area contributed by atoms with Gasteiger partial charge < -0.3 is 4.74 Å². The van der Waals surface area contributed by atoms with E-state index in [1.54, 1.807) is 25.4 Å². The fraction of sp³-hybridized carbons (Fsp3) is 0.545. The zero-order valence-electron chi connectivity index (χ0n) is 16.8. The Balaban J connectivity index is 1.37. The summed E-state index contributed by atoms with van der Waals surface area (Å²) in [6, 6.07) is 8.72. The van der Waals surface area contributed by atoms with Gasteiger partial charge in [0.2, 0.25) is 5.91 Å². The third-order valence-electron chi connectivity index (χ3n) is 5.69. The van der Waals surface area contributed by atoms with Crippen LogP contribution in [0.15, 0.2) is 29.6 Å². The van der Waals surface area contributed by atoms with E-state index >= 15 is 0 Å². The molecule has 1 saturated carbocycles. The van der Waals surface area contributed by atoms with E-state index in [4.69, 9.17) is 9.72 Å². The highest BCUT2D eigenvalue weighted by molar-refractivity contribution is 7.14. The molecule has 1 aliphatic heterocycles. The predicted molar refractivity (Wildman–Crippen MR) is 113 cm³/mol. The summed E-state index contributed by atoms with van der Waals surface area (Å²) < 4.78 is 5.52. The van der Waals surface area contributed by atoms with E-state index in [1.807, 2.05) is 17.0 Å². The molecule has 5 nitrogen and oxygen atoms in total. The van der Waals surface area contributed by atoms with Crippen molar-refractivity contribution in [1.82, 2.24) is 9.88 Å². The highest BCUT2D eigenvalue weighted by Gasteiger charge is 2.33. The number of benzene rings is 1. The molecule has 1 aromatic carbocycles. The number of amides is 1. The van der Waals surface area contributed by atoms with E-state index in [-0.39, 0.29) is 5.91 Å². The van der Waals surface area contributed by atoms with Crippen molar-refractivity contribution in [3.8, 4) is 5.75 Å². The van der Waals surface area contributed by atoms with Crippen molar-refractivity contribution in [1.29, 1.82) is 0 Å². The van der Waals surface area contributed by atoms with Gasteiger partial charge in [-0.2, -0.15) is 0 Å². The summed E-state index contributed by atoms with van der Waals surface area (Å²) in [5.41, 5.74) is 2.39. The molecule has 6 heteroatoms. The van der Waals surface area contributed by atoms with Crippen LogP contribution in [0.5, 0.6) is 5.75 Å². The number of likely N-dealkylation sites (tertiary alicyclic amines) is 1. The average molecular weight is 400 g/mol. The molecule has 2 aliphatic rings. The third kappa shape index (κ3) is 4.55. The fourth-order valence-electron chi connectivity index (χ4n) is 4.23. The highest BCUT2D eigenvalue weighted by Crippen LogP contribution is 2.34. The minimum absolute atomic E-state index is 0.109. The van der Waals surface area contributed by atoms with Gasteiger partial charge in [0.15, 0.2) is 5.13 Å². The van der Waals surface area contributed by atoms with Crippen LogP contribution in [0.4, 0.5) is 5.13 Å². The topological polar surface area (TPSA) is 45.7 Å². The molecule has 4 rings (SSSR count). The molecule has 1 amide bonds. The number of thiazole rings is 1. The lowest BCUT2D eigenvalue weighted by molar-refractivity contribution is -0.116. The molecule has 1 unspecified atom stereocenters. The smallest absolute Gasteiger partial charge is 0.225 e. The Kier molecular flexibility index (Phi) is 5.97. The minimum atomic E-state index is 0.109. The van der Waals surface area contributed by atoms with Crippen LogP contribution in [0.2, 0.25) is 0 Å². The number of ether oxygens (including phenoxy) is 1. The van der Waals surface area contributed by atoms with Crippen molar-refractivity contribution in [2.75, 3.05) is 25.1 Å². The maximum atomic E-state index is 12.0. The molecule has 2 heterocycles. The fourth-order valence-corrected chi connectivity index (χ4v) is 5.16. The lowest BCUT2D eigenvalue weighted by Gasteiger charge is -2.32. The second-order valence-electron chi connectivity index (χ2n) is 8.00. The summed E-state index contributed by atoms with van der Waals surface area (Å²) >= 11 is 1.60. The number of piperidine rings is 1. The standard InChI is InChI=1S/C22H29N3O2S/c1-16(26)25(20-9-10-20)22-23-19(15-28-22)14-24-11-5-6-17(13-24)12-18-7-3-4-8-21(18)27-2/h3-4,7-8,15,17,20H,5-6,9-14H2,1-2H3. The Morgan fingerprint density at radius 2 is 2.14 bits per heavy atom. The summed E-state index contributed by atoms with van der Waals surface area (Å²) in [6.45, 7) is 4.72. The number of carbonyl (C=O) groups excluding carboxylic acids is 1. The SMILES string of the molecule is COc1ccccc1CC1CCCN(Cc2csc(N(C(C)=O)C3CC3)n2)C1. The van der Waals surface area contributed by atoms with Gasteiger partial charge in [0.05, 0.1) is 12.8 Å². The van der Waals surface area contributed by atoms with Gasteiger partial charge in [0, 0.05) is 31.4 Å². The van der Waals surface area contributed by atoms with E-state index in [9.17, 15) is 4.79 Å². The largest absolute Gasteiger partial charge is 0.496 e. The number of rotatable bonds is 7. The first-order valence-corrected chi connectivity index (χ1v) is 11.1. The van der Waals surface area contributed by atoms with Gasteiger partial charge in [-0.3, -0.25) is 14.6 Å². The van der Waals surface area contributed by atoms with Gasteiger partial charge in [-0.25, -0.2) is 4.98 Å². The van der Waals surface area contributed by atoms with Gasteiger partial charge >= 0.3 is 0 Å². The zero-order chi connectivity index (χ0) is 19.5. The summed E-state index contributed by atoms with van der Waals surface area (Å²) in [4.78, 5) is 21.1. The Hall–Kier alpha value is -1.92. The van der Waals surface area contributed by atoms with Gasteiger partial charge in [-0.05, 0) is 56.2 Å². The molecule has 1 atom stereocenters. The van der Waals surface area contributed by atoms with Crippen LogP contribution in [0.25, 0.3) is 0 Å². The summed E-state index contributed by atoms with van der Waals surface area (Å²) in [7, 11) is 1.75. The first-order valence-electron chi connectivity index (χ1n) is 10.2. The third-order valence-corrected chi connectivity index (χ3v) is 6.58. The van der Waals surface area contributed by atoms with Crippen molar-refractivity contribution in [3.63, 3.8) is 0 Å². The second kappa shape index (κ2) is 8.62. The molecule has 2 aromatic rings. The van der Waals surface area contributed by atoms with Crippen molar-refractivity contribution in [2.45, 2.75) is 51.6 Å². The highest BCUT2D eigenvalue weighted by atomic mass is 32.1. The Morgan fingerprint density at radius 1 is 1.32 bits per heavy atom. The van der Waals surface area contributed by atoms with E-state index in [0.29, 0.717) is 12.0 Å². The minimum Gasteiger partial charge on any atom is -0.496 e. The number of hydrogen-bond acceptors (Lipinski definition) is 5. The van der Waals surface area contributed by atoms with Crippen molar-refractivity contribution >= 4 is 22.4 Å². The Morgan fingerprint density at radius 3 is 2.89 bits per heavy atom. The molecule has 0 radical (unpaired) electrons. The molecular formula is C22H29N3O2S. The maximum Gasteiger partial charge on any atom is 0.225 e. The van der Waals surface area contributed by atoms with Crippen LogP contribution in [0, 0.1) is 5.92 Å². The molecule has 150 valence electrons. The van der Waals surface area contributed by atoms with Crippen LogP contribution >= 0.6 is 11.3 Å². The van der Waals surface area contributed by atoms with E-state index in [1.165, 1.54) is 18.4 Å². The monoisotopic (exact) mass is 399 g/mol. The van der Waals surface area contributed by atoms with Crippen molar-refractivity contribution in [3.05, 3.63) is 40.9 Å². The second-order valence-corrected chi connectivity index (χ2v) is 8.84. The molecule has 1 saturated heterocycles. The normalized spacial score (nSPS) is 20.1. The van der Waals surface area contributed by atoms with Crippen molar-refractivity contribution < 1.29 is 9.53 Å². The van der Waals surface area contributed by atoms with Gasteiger partial charge in [-0.15, -0.1) is 11.3 Å². The van der Waals surface area contributed by atoms with E-state index < -0.39 is 0 Å². The number of carbonyl (C=O) groups is 1. The molecule has 1 aromatic heterocycles. The molecule has 1 aliphatic carbocycles. The molecule has 0 spiro atoms.